The minimum Gasteiger partial charge on any atom is -0.496 e. The first kappa shape index (κ1) is 23.8. The Hall–Kier alpha value is -2.89. The first-order valence-electron chi connectivity index (χ1n) is 9.55. The number of benzene rings is 2. The second-order valence-corrected chi connectivity index (χ2v) is 8.63. The summed E-state index contributed by atoms with van der Waals surface area (Å²) in [5.74, 6) is 0.487. The first-order chi connectivity index (χ1) is 15.0. The van der Waals surface area contributed by atoms with Gasteiger partial charge in [0.2, 0.25) is 10.0 Å². The highest BCUT2D eigenvalue weighted by molar-refractivity contribution is 7.89. The van der Waals surface area contributed by atoms with E-state index in [1.165, 1.54) is 49.6 Å². The number of sulfonamides is 1. The summed E-state index contributed by atoms with van der Waals surface area (Å²) in [6.45, 7) is 1.13. The van der Waals surface area contributed by atoms with Crippen LogP contribution in [0.1, 0.15) is 17.7 Å². The molecule has 0 unspecified atom stereocenters. The summed E-state index contributed by atoms with van der Waals surface area (Å²) in [4.78, 5) is -0.341. The standard InChI is InChI=1S/C21H22F3N3O4S/c1-13-12-14(8-9-16(13)31-2)18-19(15-6-3-4-7-17(15)32(25,29)30)26-27(10-5-11-28)20(18)21(22,23)24/h3-4,6-9,12,28H,5,10-11H2,1-2H3,(H2,25,29,30). The van der Waals surface area contributed by atoms with Gasteiger partial charge in [-0.15, -0.1) is 0 Å². The van der Waals surface area contributed by atoms with Gasteiger partial charge in [0.15, 0.2) is 5.69 Å². The molecule has 0 radical (unpaired) electrons. The van der Waals surface area contributed by atoms with Gasteiger partial charge >= 0.3 is 6.18 Å². The van der Waals surface area contributed by atoms with E-state index < -0.39 is 21.9 Å². The number of aliphatic hydroxyl groups excluding tert-OH is 1. The van der Waals surface area contributed by atoms with E-state index in [1.54, 1.807) is 6.92 Å². The molecule has 32 heavy (non-hydrogen) atoms. The topological polar surface area (TPSA) is 107 Å². The molecule has 0 aliphatic carbocycles. The summed E-state index contributed by atoms with van der Waals surface area (Å²) in [6.07, 6.45) is -4.78. The van der Waals surface area contributed by atoms with Crippen molar-refractivity contribution in [3.05, 3.63) is 53.7 Å². The molecule has 1 heterocycles. The maximum Gasteiger partial charge on any atom is 0.433 e. The molecule has 3 rings (SSSR count). The predicted octanol–water partition coefficient (Wildman–Crippen LogP) is 3.58. The van der Waals surface area contributed by atoms with Crippen LogP contribution in [0.15, 0.2) is 47.4 Å². The normalized spacial score (nSPS) is 12.2. The van der Waals surface area contributed by atoms with Crippen molar-refractivity contribution in [1.29, 1.82) is 0 Å². The molecule has 0 saturated heterocycles. The molecule has 1 aromatic heterocycles. The van der Waals surface area contributed by atoms with Crippen LogP contribution in [-0.2, 0) is 22.7 Å². The van der Waals surface area contributed by atoms with Gasteiger partial charge in [0, 0.05) is 24.3 Å². The van der Waals surface area contributed by atoms with Crippen LogP contribution in [-0.4, -0.2) is 37.0 Å². The van der Waals surface area contributed by atoms with Gasteiger partial charge in [-0.05, 0) is 42.7 Å². The third-order valence-electron chi connectivity index (χ3n) is 4.88. The number of primary sulfonamides is 1. The summed E-state index contributed by atoms with van der Waals surface area (Å²) >= 11 is 0. The number of alkyl halides is 3. The lowest BCUT2D eigenvalue weighted by atomic mass is 9.97. The number of aryl methyl sites for hydroxylation is 2. The molecular formula is C21H22F3N3O4S. The summed E-state index contributed by atoms with van der Waals surface area (Å²) in [5.41, 5.74) is -0.778. The zero-order valence-electron chi connectivity index (χ0n) is 17.3. The fourth-order valence-electron chi connectivity index (χ4n) is 3.54. The van der Waals surface area contributed by atoms with Crippen LogP contribution in [0.3, 0.4) is 0 Å². The van der Waals surface area contributed by atoms with Crippen molar-refractivity contribution in [2.45, 2.75) is 31.0 Å². The van der Waals surface area contributed by atoms with Crippen molar-refractivity contribution in [1.82, 2.24) is 9.78 Å². The predicted molar refractivity (Wildman–Crippen MR) is 112 cm³/mol. The van der Waals surface area contributed by atoms with E-state index in [9.17, 15) is 21.6 Å². The Kier molecular flexibility index (Phi) is 6.63. The Balaban J connectivity index is 2.43. The number of nitrogens with zero attached hydrogens (tertiary/aromatic N) is 2. The summed E-state index contributed by atoms with van der Waals surface area (Å²) in [7, 11) is -2.80. The highest BCUT2D eigenvalue weighted by Crippen LogP contribution is 2.44. The van der Waals surface area contributed by atoms with Crippen molar-refractivity contribution in [2.75, 3.05) is 13.7 Å². The second kappa shape index (κ2) is 8.93. The van der Waals surface area contributed by atoms with Crippen molar-refractivity contribution >= 4 is 10.0 Å². The maximum atomic E-state index is 14.2. The lowest BCUT2D eigenvalue weighted by Crippen LogP contribution is -2.16. The van der Waals surface area contributed by atoms with Crippen LogP contribution >= 0.6 is 0 Å². The molecule has 11 heteroatoms. The van der Waals surface area contributed by atoms with Crippen molar-refractivity contribution in [3.63, 3.8) is 0 Å². The average molecular weight is 469 g/mol. The smallest absolute Gasteiger partial charge is 0.433 e. The molecule has 172 valence electrons. The largest absolute Gasteiger partial charge is 0.496 e. The Morgan fingerprint density at radius 3 is 2.44 bits per heavy atom. The van der Waals surface area contributed by atoms with E-state index in [0.717, 1.165) is 4.68 Å². The molecule has 2 aromatic carbocycles. The van der Waals surface area contributed by atoms with Gasteiger partial charge < -0.3 is 9.84 Å². The molecule has 0 saturated carbocycles. The average Bonchev–Trinajstić information content (AvgIpc) is 3.11. The number of hydrogen-bond donors (Lipinski definition) is 2. The molecule has 7 nitrogen and oxygen atoms in total. The number of aliphatic hydroxyl groups is 1. The van der Waals surface area contributed by atoms with E-state index >= 15 is 0 Å². The fraction of sp³-hybridized carbons (Fsp3) is 0.286. The SMILES string of the molecule is COc1ccc(-c2c(-c3ccccc3S(N)(=O)=O)nn(CCCO)c2C(F)(F)F)cc1C. The van der Waals surface area contributed by atoms with Crippen molar-refractivity contribution < 1.29 is 31.4 Å². The lowest BCUT2D eigenvalue weighted by Gasteiger charge is -2.14. The van der Waals surface area contributed by atoms with E-state index in [0.29, 0.717) is 11.3 Å². The number of aromatic nitrogens is 2. The summed E-state index contributed by atoms with van der Waals surface area (Å²) in [5, 5.41) is 18.6. The van der Waals surface area contributed by atoms with E-state index in [1.807, 2.05) is 0 Å². The molecule has 0 fully saturated rings. The molecule has 0 atom stereocenters. The number of ether oxygens (including phenoxy) is 1. The summed E-state index contributed by atoms with van der Waals surface area (Å²) < 4.78 is 73.0. The van der Waals surface area contributed by atoms with Crippen LogP contribution in [0.5, 0.6) is 5.75 Å². The maximum absolute atomic E-state index is 14.2. The van der Waals surface area contributed by atoms with Gasteiger partial charge in [0.1, 0.15) is 11.4 Å². The van der Waals surface area contributed by atoms with Crippen LogP contribution < -0.4 is 9.88 Å². The Bertz CT molecular complexity index is 1240. The highest BCUT2D eigenvalue weighted by atomic mass is 32.2. The monoisotopic (exact) mass is 469 g/mol. The number of rotatable bonds is 7. The number of nitrogens with two attached hydrogens (primary N) is 1. The minimum absolute atomic E-state index is 0.0299. The van der Waals surface area contributed by atoms with E-state index in [2.05, 4.69) is 5.10 Å². The Morgan fingerprint density at radius 1 is 1.19 bits per heavy atom. The zero-order valence-corrected chi connectivity index (χ0v) is 18.2. The van der Waals surface area contributed by atoms with Gasteiger partial charge in [-0.2, -0.15) is 18.3 Å². The summed E-state index contributed by atoms with van der Waals surface area (Å²) in [6, 6.07) is 10.0. The van der Waals surface area contributed by atoms with Gasteiger partial charge in [0.25, 0.3) is 0 Å². The molecule has 0 bridgehead atoms. The van der Waals surface area contributed by atoms with Gasteiger partial charge in [-0.25, -0.2) is 13.6 Å². The van der Waals surface area contributed by atoms with Crippen molar-refractivity contribution in [2.24, 2.45) is 5.14 Å². The third kappa shape index (κ3) is 4.64. The Labute approximate surface area is 183 Å². The number of hydrogen-bond acceptors (Lipinski definition) is 5. The van der Waals surface area contributed by atoms with Gasteiger partial charge in [-0.1, -0.05) is 24.3 Å². The molecule has 0 spiro atoms. The van der Waals surface area contributed by atoms with E-state index in [4.69, 9.17) is 15.0 Å². The van der Waals surface area contributed by atoms with Gasteiger partial charge in [-0.3, -0.25) is 4.68 Å². The molecule has 3 N–H and O–H groups in total. The lowest BCUT2D eigenvalue weighted by molar-refractivity contribution is -0.143. The first-order valence-corrected chi connectivity index (χ1v) is 11.1. The fourth-order valence-corrected chi connectivity index (χ4v) is 4.28. The second-order valence-electron chi connectivity index (χ2n) is 7.10. The molecular weight excluding hydrogens is 447 g/mol. The quantitative estimate of drug-likeness (QED) is 0.550. The third-order valence-corrected chi connectivity index (χ3v) is 5.85. The van der Waals surface area contributed by atoms with Gasteiger partial charge in [0.05, 0.1) is 12.0 Å². The van der Waals surface area contributed by atoms with E-state index in [-0.39, 0.29) is 46.9 Å². The van der Waals surface area contributed by atoms with Crippen LogP contribution in [0.25, 0.3) is 22.4 Å². The molecule has 3 aromatic rings. The van der Waals surface area contributed by atoms with Crippen molar-refractivity contribution in [3.8, 4) is 28.1 Å². The minimum atomic E-state index is -4.81. The number of halogens is 3. The number of methoxy groups -OCH3 is 1. The van der Waals surface area contributed by atoms with Crippen LogP contribution in [0, 0.1) is 6.92 Å². The molecule has 0 amide bonds. The highest BCUT2D eigenvalue weighted by Gasteiger charge is 2.41. The van der Waals surface area contributed by atoms with Crippen LogP contribution in [0.4, 0.5) is 13.2 Å². The Morgan fingerprint density at radius 2 is 1.88 bits per heavy atom. The zero-order chi connectivity index (χ0) is 23.7. The molecule has 0 aliphatic rings. The molecule has 0 aliphatic heterocycles. The van der Waals surface area contributed by atoms with Crippen LogP contribution in [0.2, 0.25) is 0 Å².